The van der Waals surface area contributed by atoms with E-state index in [1.165, 1.54) is 22.1 Å². The van der Waals surface area contributed by atoms with Gasteiger partial charge < -0.3 is 14.7 Å². The highest BCUT2D eigenvalue weighted by Gasteiger charge is 2.36. The predicted octanol–water partition coefficient (Wildman–Crippen LogP) is 4.32. The maximum atomic E-state index is 13.4. The molecule has 1 aliphatic rings. The van der Waals surface area contributed by atoms with Gasteiger partial charge in [0.05, 0.1) is 17.7 Å². The molecule has 0 spiro atoms. The zero-order chi connectivity index (χ0) is 21.9. The third-order valence-electron chi connectivity index (χ3n) is 5.63. The number of hydrogen-bond acceptors (Lipinski definition) is 6. The maximum absolute atomic E-state index is 13.4. The van der Waals surface area contributed by atoms with E-state index in [-0.39, 0.29) is 16.7 Å². The van der Waals surface area contributed by atoms with Crippen LogP contribution in [0.1, 0.15) is 31.7 Å². The lowest BCUT2D eigenvalue weighted by atomic mass is 10.1. The number of phenolic OH excluding ortho intramolecular Hbond substituents is 1. The molecule has 1 atom stereocenters. The van der Waals surface area contributed by atoms with Crippen LogP contribution >= 0.6 is 11.8 Å². The topological polar surface area (TPSA) is 70.1 Å². The Bertz CT molecular complexity index is 977. The van der Waals surface area contributed by atoms with Gasteiger partial charge in [0.1, 0.15) is 16.4 Å². The molecule has 1 aliphatic heterocycles. The minimum Gasteiger partial charge on any atom is -0.507 e. The first-order valence-electron chi connectivity index (χ1n) is 10.1. The van der Waals surface area contributed by atoms with Crippen molar-refractivity contribution >= 4 is 27.5 Å². The number of nitrogens with zero attached hydrogens (tertiary/aromatic N) is 2. The standard InChI is InChI=1S/C22H30N2O4S2/c1-5-6-7-17-15-24(14-16-8-10-18(28-3)11-9-16)19-12-21(29-4)20(25)13-22(19)30(26,27)23(17)2/h8-13,17,25H,5-7,14-15H2,1-4H3/t17-/m1/s1. The van der Waals surface area contributed by atoms with Crippen molar-refractivity contribution in [2.24, 2.45) is 0 Å². The van der Waals surface area contributed by atoms with Crippen molar-refractivity contribution < 1.29 is 18.3 Å². The van der Waals surface area contributed by atoms with Crippen molar-refractivity contribution in [3.63, 3.8) is 0 Å². The van der Waals surface area contributed by atoms with Crippen LogP contribution in [0.5, 0.6) is 11.5 Å². The molecule has 0 aliphatic carbocycles. The fourth-order valence-electron chi connectivity index (χ4n) is 3.79. The number of sulfonamides is 1. The number of rotatable bonds is 7. The van der Waals surface area contributed by atoms with Crippen LogP contribution in [-0.4, -0.2) is 50.8 Å². The molecule has 1 heterocycles. The summed E-state index contributed by atoms with van der Waals surface area (Å²) in [5.74, 6) is 0.780. The fraction of sp³-hybridized carbons (Fsp3) is 0.455. The molecule has 164 valence electrons. The number of ether oxygens (including phenoxy) is 1. The van der Waals surface area contributed by atoms with Crippen molar-refractivity contribution in [3.8, 4) is 11.5 Å². The molecule has 1 N–H and O–H groups in total. The largest absolute Gasteiger partial charge is 0.507 e. The van der Waals surface area contributed by atoms with Gasteiger partial charge in [0.25, 0.3) is 0 Å². The molecule has 30 heavy (non-hydrogen) atoms. The molecule has 3 rings (SSSR count). The minimum absolute atomic E-state index is 0.00497. The van der Waals surface area contributed by atoms with Gasteiger partial charge >= 0.3 is 0 Å². The molecule has 2 aromatic carbocycles. The lowest BCUT2D eigenvalue weighted by Crippen LogP contribution is -2.41. The smallest absolute Gasteiger partial charge is 0.245 e. The van der Waals surface area contributed by atoms with Crippen LogP contribution in [0.25, 0.3) is 0 Å². The molecular formula is C22H30N2O4S2. The van der Waals surface area contributed by atoms with E-state index in [1.807, 2.05) is 30.5 Å². The Morgan fingerprint density at radius 2 is 1.93 bits per heavy atom. The number of unbranched alkanes of at least 4 members (excludes halogenated alkanes) is 1. The van der Waals surface area contributed by atoms with Gasteiger partial charge in [-0.2, -0.15) is 4.31 Å². The van der Waals surface area contributed by atoms with Crippen LogP contribution < -0.4 is 9.64 Å². The Hall–Kier alpha value is -1.90. The fourth-order valence-corrected chi connectivity index (χ4v) is 5.87. The summed E-state index contributed by atoms with van der Waals surface area (Å²) in [7, 11) is -0.435. The number of phenols is 1. The Morgan fingerprint density at radius 1 is 1.23 bits per heavy atom. The van der Waals surface area contributed by atoms with E-state index >= 15 is 0 Å². The number of likely N-dealkylation sites (N-methyl/N-ethyl adjacent to an activating group) is 1. The van der Waals surface area contributed by atoms with E-state index < -0.39 is 10.0 Å². The molecular weight excluding hydrogens is 420 g/mol. The molecule has 0 aromatic heterocycles. The van der Waals surface area contributed by atoms with Gasteiger partial charge in [-0.3, -0.25) is 0 Å². The number of aromatic hydroxyl groups is 1. The van der Waals surface area contributed by atoms with Gasteiger partial charge in [0.2, 0.25) is 10.0 Å². The van der Waals surface area contributed by atoms with E-state index in [4.69, 9.17) is 4.74 Å². The summed E-state index contributed by atoms with van der Waals surface area (Å²) in [6, 6.07) is 10.9. The van der Waals surface area contributed by atoms with Gasteiger partial charge in [-0.05, 0) is 36.4 Å². The highest BCUT2D eigenvalue weighted by molar-refractivity contribution is 7.98. The summed E-state index contributed by atoms with van der Waals surface area (Å²) in [6.07, 6.45) is 4.63. The number of methoxy groups -OCH3 is 1. The van der Waals surface area contributed by atoms with Crippen LogP contribution in [-0.2, 0) is 16.6 Å². The first kappa shape index (κ1) is 22.8. The van der Waals surface area contributed by atoms with Gasteiger partial charge in [-0.15, -0.1) is 11.8 Å². The SMILES string of the molecule is CCCC[C@@H]1CN(Cc2ccc(OC)cc2)c2cc(SC)c(O)cc2S(=O)(=O)N1C. The third-order valence-corrected chi connectivity index (χ3v) is 8.33. The van der Waals surface area contributed by atoms with Gasteiger partial charge in [-0.25, -0.2) is 8.42 Å². The zero-order valence-electron chi connectivity index (χ0n) is 18.0. The summed E-state index contributed by atoms with van der Waals surface area (Å²) in [4.78, 5) is 2.95. The second-order valence-corrected chi connectivity index (χ2v) is 10.4. The van der Waals surface area contributed by atoms with Crippen LogP contribution in [0.4, 0.5) is 5.69 Å². The number of anilines is 1. The summed E-state index contributed by atoms with van der Waals surface area (Å²) in [5.41, 5.74) is 1.70. The lowest BCUT2D eigenvalue weighted by Gasteiger charge is -2.29. The van der Waals surface area contributed by atoms with Crippen LogP contribution in [0.2, 0.25) is 0 Å². The van der Waals surface area contributed by atoms with Gasteiger partial charge in [-0.1, -0.05) is 31.9 Å². The quantitative estimate of drug-likeness (QED) is 0.634. The van der Waals surface area contributed by atoms with Gasteiger partial charge in [0.15, 0.2) is 0 Å². The van der Waals surface area contributed by atoms with E-state index in [2.05, 4.69) is 11.8 Å². The lowest BCUT2D eigenvalue weighted by molar-refractivity contribution is 0.346. The van der Waals surface area contributed by atoms with E-state index in [1.54, 1.807) is 20.2 Å². The summed E-state index contributed by atoms with van der Waals surface area (Å²) in [5, 5.41) is 10.4. The summed E-state index contributed by atoms with van der Waals surface area (Å²) in [6.45, 7) is 3.27. The first-order chi connectivity index (χ1) is 14.3. The van der Waals surface area contributed by atoms with Crippen LogP contribution in [0, 0.1) is 0 Å². The second-order valence-electron chi connectivity index (χ2n) is 7.54. The molecule has 0 saturated heterocycles. The molecule has 0 amide bonds. The molecule has 0 unspecified atom stereocenters. The summed E-state index contributed by atoms with van der Waals surface area (Å²) >= 11 is 1.40. The number of thioether (sulfide) groups is 1. The molecule has 0 saturated carbocycles. The molecule has 0 bridgehead atoms. The average molecular weight is 451 g/mol. The predicted molar refractivity (Wildman–Crippen MR) is 122 cm³/mol. The Morgan fingerprint density at radius 3 is 2.53 bits per heavy atom. The minimum atomic E-state index is -3.72. The Kier molecular flexibility index (Phi) is 7.21. The van der Waals surface area contributed by atoms with E-state index in [0.29, 0.717) is 23.7 Å². The maximum Gasteiger partial charge on any atom is 0.245 e. The van der Waals surface area contributed by atoms with Crippen molar-refractivity contribution in [1.29, 1.82) is 0 Å². The second kappa shape index (κ2) is 9.49. The highest BCUT2D eigenvalue weighted by Crippen LogP contribution is 2.41. The van der Waals surface area contributed by atoms with E-state index in [9.17, 15) is 13.5 Å². The van der Waals surface area contributed by atoms with Crippen molar-refractivity contribution in [2.75, 3.05) is 31.9 Å². The highest BCUT2D eigenvalue weighted by atomic mass is 32.2. The molecule has 0 fully saturated rings. The normalized spacial score (nSPS) is 18.7. The molecule has 2 aromatic rings. The van der Waals surface area contributed by atoms with E-state index in [0.717, 1.165) is 30.6 Å². The molecule has 8 heteroatoms. The van der Waals surface area contributed by atoms with Gasteiger partial charge in [0, 0.05) is 32.2 Å². The third kappa shape index (κ3) is 4.55. The number of benzene rings is 2. The monoisotopic (exact) mass is 450 g/mol. The number of hydrogen-bond donors (Lipinski definition) is 1. The molecule has 6 nitrogen and oxygen atoms in total. The number of fused-ring (bicyclic) bond motifs is 1. The Balaban J connectivity index is 2.09. The van der Waals surface area contributed by atoms with Crippen LogP contribution in [0.3, 0.4) is 0 Å². The van der Waals surface area contributed by atoms with Crippen LogP contribution in [0.15, 0.2) is 46.2 Å². The average Bonchev–Trinajstić information content (AvgIpc) is 2.81. The Labute approximate surface area is 183 Å². The van der Waals surface area contributed by atoms with Crippen molar-refractivity contribution in [3.05, 3.63) is 42.0 Å². The zero-order valence-corrected chi connectivity index (χ0v) is 19.6. The molecule has 0 radical (unpaired) electrons. The van der Waals surface area contributed by atoms with Crippen molar-refractivity contribution in [1.82, 2.24) is 4.31 Å². The first-order valence-corrected chi connectivity index (χ1v) is 12.7. The van der Waals surface area contributed by atoms with Crippen molar-refractivity contribution in [2.45, 2.75) is 48.6 Å². The summed E-state index contributed by atoms with van der Waals surface area (Å²) < 4.78 is 33.5.